The van der Waals surface area contributed by atoms with E-state index in [4.69, 9.17) is 0 Å². The number of ketones is 1. The molecule has 0 rings (SSSR count). The molecule has 0 spiro atoms. The van der Waals surface area contributed by atoms with E-state index in [1.807, 2.05) is 0 Å². The van der Waals surface area contributed by atoms with Gasteiger partial charge in [0.05, 0.1) is 0 Å². The van der Waals surface area contributed by atoms with Crippen LogP contribution in [0, 0.1) is 0 Å². The molecule has 0 fully saturated rings. The fourth-order valence-electron chi connectivity index (χ4n) is 0.124. The van der Waals surface area contributed by atoms with Crippen molar-refractivity contribution in [3.63, 3.8) is 0 Å². The van der Waals surface area contributed by atoms with Crippen LogP contribution in [0.3, 0.4) is 0 Å². The Bertz CT molecular complexity index is 119. The van der Waals surface area contributed by atoms with Crippen LogP contribution in [0.1, 0.15) is 0 Å². The molecule has 0 aromatic rings. The van der Waals surface area contributed by atoms with Gasteiger partial charge in [-0.15, -0.1) is 0 Å². The molecule has 6 heteroatoms. The SMILES string of the molecule is O=C(C(F)I)C(F)(F)I. The van der Waals surface area contributed by atoms with Crippen LogP contribution in [0.2, 0.25) is 0 Å². The highest BCUT2D eigenvalue weighted by molar-refractivity contribution is 14.1. The first kappa shape index (κ1) is 9.92. The van der Waals surface area contributed by atoms with E-state index in [1.54, 1.807) is 0 Å². The van der Waals surface area contributed by atoms with Crippen LogP contribution in [0.5, 0.6) is 0 Å². The summed E-state index contributed by atoms with van der Waals surface area (Å²) in [7, 11) is 0. The van der Waals surface area contributed by atoms with Crippen LogP contribution in [-0.4, -0.2) is 13.9 Å². The lowest BCUT2D eigenvalue weighted by atomic mass is 10.5. The topological polar surface area (TPSA) is 17.1 Å². The second-order valence-electron chi connectivity index (χ2n) is 1.16. The van der Waals surface area contributed by atoms with Gasteiger partial charge in [0, 0.05) is 22.6 Å². The summed E-state index contributed by atoms with van der Waals surface area (Å²) in [5, 5.41) is 0. The monoisotopic (exact) mass is 364 g/mol. The van der Waals surface area contributed by atoms with Gasteiger partial charge >= 0.3 is 3.93 Å². The van der Waals surface area contributed by atoms with Crippen LogP contribution in [0.15, 0.2) is 0 Å². The Morgan fingerprint density at radius 2 is 1.89 bits per heavy atom. The zero-order chi connectivity index (χ0) is 7.65. The molecular weight excluding hydrogens is 363 g/mol. The summed E-state index contributed by atoms with van der Waals surface area (Å²) in [4.78, 5) is 10.0. The number of Topliss-reactive ketones (excluding diaryl/α,β-unsaturated/α-hetero) is 1. The van der Waals surface area contributed by atoms with E-state index in [0.717, 1.165) is 22.6 Å². The van der Waals surface area contributed by atoms with Crippen LogP contribution < -0.4 is 0 Å². The van der Waals surface area contributed by atoms with Gasteiger partial charge < -0.3 is 0 Å². The third-order valence-electron chi connectivity index (χ3n) is 0.478. The zero-order valence-corrected chi connectivity index (χ0v) is 8.19. The van der Waals surface area contributed by atoms with Crippen molar-refractivity contribution in [3.05, 3.63) is 0 Å². The standard InChI is InChI=1S/C3HF3I2O/c4-2(7)1(9)3(5,6)8/h2H. The Hall–Kier alpha value is 0.920. The van der Waals surface area contributed by atoms with Crippen LogP contribution in [0.25, 0.3) is 0 Å². The summed E-state index contributed by atoms with van der Waals surface area (Å²) in [6.07, 6.45) is 0. The maximum atomic E-state index is 11.8. The normalized spacial score (nSPS) is 15.2. The van der Waals surface area contributed by atoms with Gasteiger partial charge in [-0.1, -0.05) is 0 Å². The van der Waals surface area contributed by atoms with E-state index in [9.17, 15) is 18.0 Å². The molecule has 0 aliphatic rings. The van der Waals surface area contributed by atoms with Crippen molar-refractivity contribution >= 4 is 51.0 Å². The maximum absolute atomic E-state index is 11.8. The van der Waals surface area contributed by atoms with Crippen LogP contribution in [0.4, 0.5) is 13.2 Å². The lowest BCUT2D eigenvalue weighted by Gasteiger charge is -2.04. The van der Waals surface area contributed by atoms with Crippen LogP contribution in [-0.2, 0) is 4.79 Å². The number of rotatable bonds is 2. The zero-order valence-electron chi connectivity index (χ0n) is 3.88. The number of carbonyl (C=O) groups excluding carboxylic acids is 1. The average molecular weight is 364 g/mol. The molecule has 0 radical (unpaired) electrons. The molecule has 1 atom stereocenters. The molecule has 0 bridgehead atoms. The first-order chi connectivity index (χ1) is 3.85. The highest BCUT2D eigenvalue weighted by Crippen LogP contribution is 2.27. The van der Waals surface area contributed by atoms with Crippen molar-refractivity contribution in [2.75, 3.05) is 0 Å². The molecule has 0 aromatic heterocycles. The van der Waals surface area contributed by atoms with Gasteiger partial charge in [0.2, 0.25) is 4.18 Å². The molecule has 9 heavy (non-hydrogen) atoms. The number of hydrogen-bond donors (Lipinski definition) is 0. The molecule has 0 aliphatic heterocycles. The minimum Gasteiger partial charge on any atom is -0.288 e. The second-order valence-corrected chi connectivity index (χ2v) is 3.61. The van der Waals surface area contributed by atoms with E-state index >= 15 is 0 Å². The number of hydrogen-bond acceptors (Lipinski definition) is 1. The molecule has 1 nitrogen and oxygen atoms in total. The molecule has 1 unspecified atom stereocenters. The molecule has 0 aliphatic carbocycles. The highest BCUT2D eigenvalue weighted by Gasteiger charge is 2.39. The summed E-state index contributed by atoms with van der Waals surface area (Å²) >= 11 is 1.58. The summed E-state index contributed by atoms with van der Waals surface area (Å²) in [6.45, 7) is 0. The molecule has 0 amide bonds. The van der Waals surface area contributed by atoms with Crippen molar-refractivity contribution in [3.8, 4) is 0 Å². The molecule has 0 saturated carbocycles. The van der Waals surface area contributed by atoms with Crippen LogP contribution >= 0.6 is 45.2 Å². The molecular formula is C3HF3I2O. The summed E-state index contributed by atoms with van der Waals surface area (Å²) in [5.74, 6) is -1.69. The van der Waals surface area contributed by atoms with Crippen molar-refractivity contribution in [1.29, 1.82) is 0 Å². The Morgan fingerprint density at radius 1 is 1.56 bits per heavy atom. The van der Waals surface area contributed by atoms with E-state index in [0.29, 0.717) is 22.6 Å². The predicted molar refractivity (Wildman–Crippen MR) is 42.9 cm³/mol. The lowest BCUT2D eigenvalue weighted by molar-refractivity contribution is -0.132. The van der Waals surface area contributed by atoms with Crippen molar-refractivity contribution < 1.29 is 18.0 Å². The van der Waals surface area contributed by atoms with Gasteiger partial charge in [0.25, 0.3) is 5.78 Å². The predicted octanol–water partition coefficient (Wildman–Crippen LogP) is 2.31. The minimum absolute atomic E-state index is 0.590. The second kappa shape index (κ2) is 3.35. The molecule has 0 N–H and O–H groups in total. The average Bonchev–Trinajstić information content (AvgIpc) is 1.62. The van der Waals surface area contributed by atoms with Crippen molar-refractivity contribution in [1.82, 2.24) is 0 Å². The molecule has 54 valence electrons. The Labute approximate surface area is 76.7 Å². The molecule has 0 aromatic carbocycles. The van der Waals surface area contributed by atoms with E-state index in [1.165, 1.54) is 0 Å². The summed E-state index contributed by atoms with van der Waals surface area (Å²) in [5.41, 5.74) is 0. The van der Waals surface area contributed by atoms with E-state index < -0.39 is 13.9 Å². The number of alkyl halides is 5. The minimum atomic E-state index is -3.57. The van der Waals surface area contributed by atoms with E-state index in [2.05, 4.69) is 0 Å². The first-order valence-corrected chi connectivity index (χ1v) is 4.07. The van der Waals surface area contributed by atoms with E-state index in [-0.39, 0.29) is 0 Å². The van der Waals surface area contributed by atoms with Gasteiger partial charge in [0.15, 0.2) is 0 Å². The third kappa shape index (κ3) is 3.58. The van der Waals surface area contributed by atoms with Crippen molar-refractivity contribution in [2.45, 2.75) is 8.11 Å². The number of carbonyl (C=O) groups is 1. The largest absolute Gasteiger partial charge is 0.357 e. The Morgan fingerprint density at radius 3 is 1.89 bits per heavy atom. The fourth-order valence-corrected chi connectivity index (χ4v) is 1.38. The summed E-state index contributed by atoms with van der Waals surface area (Å²) < 4.78 is 29.6. The quantitative estimate of drug-likeness (QED) is 0.543. The van der Waals surface area contributed by atoms with Gasteiger partial charge in [-0.05, 0) is 22.6 Å². The van der Waals surface area contributed by atoms with Gasteiger partial charge in [-0.2, -0.15) is 8.78 Å². The lowest BCUT2D eigenvalue weighted by Crippen LogP contribution is -2.26. The Kier molecular flexibility index (Phi) is 3.69. The molecule has 0 saturated heterocycles. The maximum Gasteiger partial charge on any atom is 0.357 e. The van der Waals surface area contributed by atoms with Crippen molar-refractivity contribution in [2.24, 2.45) is 0 Å². The first-order valence-electron chi connectivity index (χ1n) is 1.75. The van der Waals surface area contributed by atoms with Gasteiger partial charge in [-0.3, -0.25) is 4.79 Å². The van der Waals surface area contributed by atoms with Gasteiger partial charge in [-0.25, -0.2) is 4.39 Å². The highest BCUT2D eigenvalue weighted by atomic mass is 127. The Balaban J connectivity index is 4.06. The third-order valence-corrected chi connectivity index (χ3v) is 1.57. The fraction of sp³-hybridized carbons (Fsp3) is 0.667. The number of halogens is 5. The summed E-state index contributed by atoms with van der Waals surface area (Å²) in [6, 6.07) is 0. The smallest absolute Gasteiger partial charge is 0.288 e. The van der Waals surface area contributed by atoms with Gasteiger partial charge in [0.1, 0.15) is 0 Å². The molecule has 0 heterocycles.